The number of piperazine rings is 1. The molecular formula is C24H24N4O2S2. The van der Waals surface area contributed by atoms with Crippen LogP contribution in [0.1, 0.15) is 16.7 Å². The van der Waals surface area contributed by atoms with E-state index in [0.29, 0.717) is 37.5 Å². The van der Waals surface area contributed by atoms with Crippen molar-refractivity contribution in [3.63, 3.8) is 0 Å². The Balaban J connectivity index is 1.33. The predicted molar refractivity (Wildman–Crippen MR) is 125 cm³/mol. The summed E-state index contributed by atoms with van der Waals surface area (Å²) in [7, 11) is -3.55. The third kappa shape index (κ3) is 5.56. The van der Waals surface area contributed by atoms with E-state index in [9.17, 15) is 8.42 Å². The molecule has 1 aromatic heterocycles. The number of sulfonamides is 1. The second-order valence-corrected chi connectivity index (χ2v) is 10.5. The lowest BCUT2D eigenvalue weighted by Gasteiger charge is -2.33. The van der Waals surface area contributed by atoms with Crippen molar-refractivity contribution in [2.75, 3.05) is 26.2 Å². The molecule has 32 heavy (non-hydrogen) atoms. The van der Waals surface area contributed by atoms with Gasteiger partial charge in [-0.1, -0.05) is 42.5 Å². The Kier molecular flexibility index (Phi) is 7.22. The highest BCUT2D eigenvalue weighted by atomic mass is 32.2. The highest BCUT2D eigenvalue weighted by Crippen LogP contribution is 2.24. The molecule has 6 nitrogen and oxygen atoms in total. The van der Waals surface area contributed by atoms with Gasteiger partial charge in [0.2, 0.25) is 10.0 Å². The number of nitrogens with zero attached hydrogens (tertiary/aromatic N) is 4. The van der Waals surface area contributed by atoms with Crippen molar-refractivity contribution >= 4 is 21.8 Å². The molecule has 2 heterocycles. The summed E-state index contributed by atoms with van der Waals surface area (Å²) < 4.78 is 27.6. The van der Waals surface area contributed by atoms with Gasteiger partial charge in [0.25, 0.3) is 0 Å². The van der Waals surface area contributed by atoms with Crippen molar-refractivity contribution in [3.8, 4) is 6.07 Å². The molecule has 0 unspecified atom stereocenters. The maximum Gasteiger partial charge on any atom is 0.244 e. The van der Waals surface area contributed by atoms with Crippen LogP contribution in [0.5, 0.6) is 0 Å². The third-order valence-corrected chi connectivity index (χ3v) is 8.27. The Morgan fingerprint density at radius 2 is 1.69 bits per heavy atom. The van der Waals surface area contributed by atoms with Crippen molar-refractivity contribution in [1.82, 2.24) is 14.2 Å². The third-order valence-electron chi connectivity index (χ3n) is 5.37. The largest absolute Gasteiger partial charge is 0.296 e. The van der Waals surface area contributed by atoms with Gasteiger partial charge in [-0.2, -0.15) is 9.57 Å². The Morgan fingerprint density at radius 3 is 2.38 bits per heavy atom. The molecule has 164 valence electrons. The molecule has 0 bridgehead atoms. The summed E-state index contributed by atoms with van der Waals surface area (Å²) >= 11 is 1.51. The molecule has 0 N–H and O–H groups in total. The molecule has 3 aromatic rings. The smallest absolute Gasteiger partial charge is 0.244 e. The number of nitriles is 1. The normalized spacial score (nSPS) is 15.3. The summed E-state index contributed by atoms with van der Waals surface area (Å²) in [6, 6.07) is 23.2. The van der Waals surface area contributed by atoms with Gasteiger partial charge in [0.1, 0.15) is 4.90 Å². The zero-order valence-corrected chi connectivity index (χ0v) is 19.2. The van der Waals surface area contributed by atoms with Crippen LogP contribution in [-0.4, -0.2) is 48.8 Å². The van der Waals surface area contributed by atoms with Gasteiger partial charge in [-0.05, 0) is 35.4 Å². The molecule has 8 heteroatoms. The first-order chi connectivity index (χ1) is 15.5. The maximum atomic E-state index is 13.0. The van der Waals surface area contributed by atoms with Crippen LogP contribution in [-0.2, 0) is 22.3 Å². The standard InChI is InChI=1S/C24H24N4O2S2/c25-16-21-7-4-8-22(15-21)19-31-24-10-9-23(17-26-24)32(29,30)28-13-11-27(12-14-28)18-20-5-2-1-3-6-20/h1-10,15,17H,11-14,18-19H2. The maximum absolute atomic E-state index is 13.0. The van der Waals surface area contributed by atoms with E-state index in [-0.39, 0.29) is 4.90 Å². The zero-order valence-electron chi connectivity index (χ0n) is 17.6. The van der Waals surface area contributed by atoms with E-state index in [4.69, 9.17) is 5.26 Å². The first-order valence-electron chi connectivity index (χ1n) is 10.4. The molecule has 1 aliphatic rings. The summed E-state index contributed by atoms with van der Waals surface area (Å²) in [6.45, 7) is 3.19. The molecule has 2 aromatic carbocycles. The Bertz CT molecular complexity index is 1180. The van der Waals surface area contributed by atoms with E-state index in [1.807, 2.05) is 36.4 Å². The molecule has 0 radical (unpaired) electrons. The molecule has 0 saturated carbocycles. The Labute approximate surface area is 193 Å². The molecule has 0 amide bonds. The van der Waals surface area contributed by atoms with E-state index >= 15 is 0 Å². The fourth-order valence-electron chi connectivity index (χ4n) is 3.61. The van der Waals surface area contributed by atoms with Gasteiger partial charge < -0.3 is 0 Å². The predicted octanol–water partition coefficient (Wildman–Crippen LogP) is 3.75. The van der Waals surface area contributed by atoms with Gasteiger partial charge >= 0.3 is 0 Å². The topological polar surface area (TPSA) is 77.3 Å². The van der Waals surface area contributed by atoms with Gasteiger partial charge in [0.15, 0.2) is 0 Å². The second kappa shape index (κ2) is 10.3. The number of benzene rings is 2. The SMILES string of the molecule is N#Cc1cccc(CSc2ccc(S(=O)(=O)N3CCN(Cc4ccccc4)CC3)cn2)c1. The number of hydrogen-bond acceptors (Lipinski definition) is 6. The van der Waals surface area contributed by atoms with Crippen LogP contribution in [0.4, 0.5) is 0 Å². The fourth-order valence-corrected chi connectivity index (χ4v) is 5.77. The molecule has 0 spiro atoms. The molecular weight excluding hydrogens is 440 g/mol. The van der Waals surface area contributed by atoms with Gasteiger partial charge in [0, 0.05) is 44.7 Å². The van der Waals surface area contributed by atoms with Crippen LogP contribution >= 0.6 is 11.8 Å². The molecule has 1 saturated heterocycles. The van der Waals surface area contributed by atoms with Crippen LogP contribution in [0.25, 0.3) is 0 Å². The van der Waals surface area contributed by atoms with Gasteiger partial charge in [-0.15, -0.1) is 11.8 Å². The van der Waals surface area contributed by atoms with E-state index in [1.165, 1.54) is 23.5 Å². The van der Waals surface area contributed by atoms with Gasteiger partial charge in [-0.25, -0.2) is 13.4 Å². The molecule has 1 fully saturated rings. The van der Waals surface area contributed by atoms with Crippen molar-refractivity contribution in [2.45, 2.75) is 22.2 Å². The summed E-state index contributed by atoms with van der Waals surface area (Å²) in [5, 5.41) is 9.76. The van der Waals surface area contributed by atoms with E-state index in [0.717, 1.165) is 17.1 Å². The quantitative estimate of drug-likeness (QED) is 0.496. The van der Waals surface area contributed by atoms with E-state index < -0.39 is 10.0 Å². The summed E-state index contributed by atoms with van der Waals surface area (Å²) in [5.74, 6) is 0.665. The Morgan fingerprint density at radius 1 is 0.938 bits per heavy atom. The molecule has 1 aliphatic heterocycles. The van der Waals surface area contributed by atoms with Crippen LogP contribution in [0.2, 0.25) is 0 Å². The van der Waals surface area contributed by atoms with Crippen molar-refractivity contribution in [2.24, 2.45) is 0 Å². The van der Waals surface area contributed by atoms with Gasteiger partial charge in [-0.3, -0.25) is 4.90 Å². The molecule has 0 atom stereocenters. The minimum Gasteiger partial charge on any atom is -0.296 e. The summed E-state index contributed by atoms with van der Waals surface area (Å²) in [6.07, 6.45) is 1.44. The fraction of sp³-hybridized carbons (Fsp3) is 0.250. The lowest BCUT2D eigenvalue weighted by Crippen LogP contribution is -2.48. The van der Waals surface area contributed by atoms with E-state index in [1.54, 1.807) is 22.5 Å². The van der Waals surface area contributed by atoms with Crippen molar-refractivity contribution in [3.05, 3.63) is 89.6 Å². The summed E-state index contributed by atoms with van der Waals surface area (Å²) in [5.41, 5.74) is 2.89. The highest BCUT2D eigenvalue weighted by molar-refractivity contribution is 7.98. The monoisotopic (exact) mass is 464 g/mol. The zero-order chi connectivity index (χ0) is 22.4. The van der Waals surface area contributed by atoms with Crippen LogP contribution < -0.4 is 0 Å². The number of rotatable bonds is 7. The van der Waals surface area contributed by atoms with Gasteiger partial charge in [0.05, 0.1) is 16.7 Å². The number of pyridine rings is 1. The number of aromatic nitrogens is 1. The summed E-state index contributed by atoms with van der Waals surface area (Å²) in [4.78, 5) is 6.86. The lowest BCUT2D eigenvalue weighted by molar-refractivity contribution is 0.181. The average Bonchev–Trinajstić information content (AvgIpc) is 2.84. The number of thioether (sulfide) groups is 1. The minimum absolute atomic E-state index is 0.227. The molecule has 4 rings (SSSR count). The first kappa shape index (κ1) is 22.5. The molecule has 0 aliphatic carbocycles. The Hall–Kier alpha value is -2.70. The van der Waals surface area contributed by atoms with Crippen LogP contribution in [0.3, 0.4) is 0 Å². The minimum atomic E-state index is -3.55. The van der Waals surface area contributed by atoms with Crippen molar-refractivity contribution in [1.29, 1.82) is 5.26 Å². The first-order valence-corrected chi connectivity index (χ1v) is 12.8. The number of hydrogen-bond donors (Lipinski definition) is 0. The lowest BCUT2D eigenvalue weighted by atomic mass is 10.2. The highest BCUT2D eigenvalue weighted by Gasteiger charge is 2.28. The van der Waals surface area contributed by atoms with Crippen molar-refractivity contribution < 1.29 is 8.42 Å². The second-order valence-electron chi connectivity index (χ2n) is 7.60. The average molecular weight is 465 g/mol. The van der Waals surface area contributed by atoms with E-state index in [2.05, 4.69) is 28.1 Å². The van der Waals surface area contributed by atoms with Crippen LogP contribution in [0, 0.1) is 11.3 Å². The van der Waals surface area contributed by atoms with Crippen LogP contribution in [0.15, 0.2) is 82.8 Å².